The highest BCUT2D eigenvalue weighted by Crippen LogP contribution is 2.35. The van der Waals surface area contributed by atoms with Gasteiger partial charge in [0.05, 0.1) is 49.9 Å². The maximum atomic E-state index is 13.7. The molecule has 0 saturated carbocycles. The summed E-state index contributed by atoms with van der Waals surface area (Å²) in [4.78, 5) is 14.8. The Kier molecular flexibility index (Phi) is 5.42. The van der Waals surface area contributed by atoms with Crippen LogP contribution in [0.5, 0.6) is 5.75 Å². The van der Waals surface area contributed by atoms with E-state index in [4.69, 9.17) is 9.47 Å². The molecule has 1 N–H and O–H groups in total. The molecule has 0 spiro atoms. The quantitative estimate of drug-likeness (QED) is 0.547. The fourth-order valence-corrected chi connectivity index (χ4v) is 3.82. The number of aryl methyl sites for hydroxylation is 1. The van der Waals surface area contributed by atoms with Crippen molar-refractivity contribution in [2.24, 2.45) is 7.05 Å². The molecule has 0 aliphatic carbocycles. The van der Waals surface area contributed by atoms with Crippen molar-refractivity contribution in [1.82, 2.24) is 19.6 Å². The molecule has 0 bridgehead atoms. The molecule has 2 aliphatic heterocycles. The summed E-state index contributed by atoms with van der Waals surface area (Å²) in [6, 6.07) is 2.08. The number of anilines is 2. The Bertz CT molecular complexity index is 1210. The average molecular weight is 480 g/mol. The van der Waals surface area contributed by atoms with E-state index in [9.17, 15) is 22.4 Å². The Balaban J connectivity index is 1.32. The number of amides is 1. The van der Waals surface area contributed by atoms with E-state index >= 15 is 0 Å². The van der Waals surface area contributed by atoms with Gasteiger partial charge in [-0.3, -0.25) is 9.48 Å². The first-order valence-electron chi connectivity index (χ1n) is 10.4. The fourth-order valence-electron chi connectivity index (χ4n) is 3.82. The van der Waals surface area contributed by atoms with Gasteiger partial charge in [-0.15, -0.1) is 0 Å². The number of ether oxygens (including phenoxy) is 2. The molecule has 9 nitrogen and oxygen atoms in total. The van der Waals surface area contributed by atoms with Gasteiger partial charge in [-0.05, 0) is 12.1 Å². The number of carbonyl (C=O) groups excluding carboxylic acids is 1. The Morgan fingerprint density at radius 3 is 2.56 bits per heavy atom. The van der Waals surface area contributed by atoms with E-state index in [0.29, 0.717) is 36.3 Å². The van der Waals surface area contributed by atoms with Gasteiger partial charge in [0.1, 0.15) is 35.1 Å². The third kappa shape index (κ3) is 4.30. The highest BCUT2D eigenvalue weighted by atomic mass is 19.4. The van der Waals surface area contributed by atoms with Crippen molar-refractivity contribution in [2.75, 3.05) is 36.5 Å². The molecule has 13 heteroatoms. The van der Waals surface area contributed by atoms with Crippen LogP contribution in [0.3, 0.4) is 0 Å². The van der Waals surface area contributed by atoms with Crippen LogP contribution in [0.1, 0.15) is 22.0 Å². The van der Waals surface area contributed by atoms with Crippen LogP contribution in [0.25, 0.3) is 0 Å². The number of hydrogen-bond acceptors (Lipinski definition) is 6. The van der Waals surface area contributed by atoms with Crippen LogP contribution in [0.15, 0.2) is 36.8 Å². The predicted molar refractivity (Wildman–Crippen MR) is 111 cm³/mol. The van der Waals surface area contributed by atoms with E-state index in [2.05, 4.69) is 15.5 Å². The summed E-state index contributed by atoms with van der Waals surface area (Å²) < 4.78 is 66.7. The summed E-state index contributed by atoms with van der Waals surface area (Å²) in [7, 11) is 1.73. The number of alkyl halides is 3. The molecule has 0 radical (unpaired) electrons. The van der Waals surface area contributed by atoms with Crippen LogP contribution >= 0.6 is 0 Å². The summed E-state index contributed by atoms with van der Waals surface area (Å²) in [6.45, 7) is 1.47. The molecule has 180 valence electrons. The zero-order valence-electron chi connectivity index (χ0n) is 17.9. The Morgan fingerprint density at radius 1 is 1.18 bits per heavy atom. The summed E-state index contributed by atoms with van der Waals surface area (Å²) in [5.41, 5.74) is -0.259. The van der Waals surface area contributed by atoms with Gasteiger partial charge in [-0.2, -0.15) is 23.4 Å². The Morgan fingerprint density at radius 2 is 1.94 bits per heavy atom. The molecule has 5 rings (SSSR count). The number of nitrogens with one attached hydrogen (secondary N) is 1. The van der Waals surface area contributed by atoms with Gasteiger partial charge in [0.25, 0.3) is 5.91 Å². The molecule has 0 atom stereocenters. The van der Waals surface area contributed by atoms with Crippen LogP contribution in [-0.4, -0.2) is 57.9 Å². The van der Waals surface area contributed by atoms with E-state index in [1.54, 1.807) is 22.6 Å². The molecule has 3 aromatic rings. The summed E-state index contributed by atoms with van der Waals surface area (Å²) in [5, 5.41) is 11.2. The van der Waals surface area contributed by atoms with Crippen molar-refractivity contribution < 1.29 is 31.8 Å². The first-order chi connectivity index (χ1) is 16.2. The van der Waals surface area contributed by atoms with Gasteiger partial charge in [0.2, 0.25) is 0 Å². The van der Waals surface area contributed by atoms with Gasteiger partial charge in [-0.1, -0.05) is 0 Å². The molecule has 34 heavy (non-hydrogen) atoms. The molecule has 1 amide bonds. The Hall–Kier alpha value is -3.61. The molecule has 1 aromatic carbocycles. The maximum Gasteiger partial charge on any atom is 0.416 e. The zero-order chi connectivity index (χ0) is 24.0. The van der Waals surface area contributed by atoms with Crippen LogP contribution in [0.4, 0.5) is 29.1 Å². The van der Waals surface area contributed by atoms with Crippen LogP contribution in [-0.2, 0) is 18.0 Å². The monoisotopic (exact) mass is 480 g/mol. The standard InChI is InChI=1S/C21H20F4N6O3/c1-29-7-14(5-26-29)28-19(32)18-6-27-31(15-10-33-11-15)20(18)30-8-17(9-30)34-16-3-12(21(23,24)25)2-13(22)4-16/h2-7,15,17H,8-11H2,1H3,(H,28,32). The van der Waals surface area contributed by atoms with Gasteiger partial charge in [0.15, 0.2) is 0 Å². The second-order valence-electron chi connectivity index (χ2n) is 8.19. The number of rotatable bonds is 6. The highest BCUT2D eigenvalue weighted by Gasteiger charge is 2.38. The average Bonchev–Trinajstić information content (AvgIpc) is 3.28. The van der Waals surface area contributed by atoms with Crippen molar-refractivity contribution in [3.63, 3.8) is 0 Å². The SMILES string of the molecule is Cn1cc(NC(=O)c2cnn(C3COC3)c2N2CC(Oc3cc(F)cc(C(F)(F)F)c3)C2)cn1. The lowest BCUT2D eigenvalue weighted by atomic mass is 10.1. The number of benzene rings is 1. The Labute approximate surface area is 190 Å². The first-order valence-corrected chi connectivity index (χ1v) is 10.4. The highest BCUT2D eigenvalue weighted by molar-refractivity contribution is 6.07. The van der Waals surface area contributed by atoms with E-state index in [1.807, 2.05) is 4.90 Å². The minimum atomic E-state index is -4.68. The minimum absolute atomic E-state index is 0.0347. The van der Waals surface area contributed by atoms with Crippen molar-refractivity contribution in [1.29, 1.82) is 0 Å². The molecule has 0 unspecified atom stereocenters. The largest absolute Gasteiger partial charge is 0.487 e. The van der Waals surface area contributed by atoms with Crippen molar-refractivity contribution in [3.8, 4) is 5.75 Å². The number of carbonyl (C=O) groups is 1. The van der Waals surface area contributed by atoms with Gasteiger partial charge in [-0.25, -0.2) is 9.07 Å². The first kappa shape index (κ1) is 22.2. The third-order valence-electron chi connectivity index (χ3n) is 5.59. The summed E-state index contributed by atoms with van der Waals surface area (Å²) in [5.74, 6) is -1.05. The number of hydrogen-bond donors (Lipinski definition) is 1. The minimum Gasteiger partial charge on any atom is -0.487 e. The number of aromatic nitrogens is 4. The van der Waals surface area contributed by atoms with Gasteiger partial charge < -0.3 is 19.7 Å². The van der Waals surface area contributed by atoms with E-state index in [0.717, 1.165) is 12.1 Å². The summed E-state index contributed by atoms with van der Waals surface area (Å²) in [6.07, 6.45) is -0.527. The second kappa shape index (κ2) is 8.31. The van der Waals surface area contributed by atoms with Crippen LogP contribution in [0, 0.1) is 5.82 Å². The van der Waals surface area contributed by atoms with Crippen molar-refractivity contribution in [3.05, 3.63) is 53.7 Å². The van der Waals surface area contributed by atoms with E-state index in [-0.39, 0.29) is 30.8 Å². The van der Waals surface area contributed by atoms with E-state index < -0.39 is 23.7 Å². The normalized spacial score (nSPS) is 16.8. The van der Waals surface area contributed by atoms with Gasteiger partial charge >= 0.3 is 6.18 Å². The van der Waals surface area contributed by atoms with Gasteiger partial charge in [0, 0.05) is 19.3 Å². The topological polar surface area (TPSA) is 86.4 Å². The van der Waals surface area contributed by atoms with Crippen LogP contribution < -0.4 is 15.0 Å². The molecular formula is C21H20F4N6O3. The lowest BCUT2D eigenvalue weighted by Gasteiger charge is -2.42. The molecule has 2 fully saturated rings. The smallest absolute Gasteiger partial charge is 0.416 e. The third-order valence-corrected chi connectivity index (χ3v) is 5.59. The number of nitrogens with zero attached hydrogens (tertiary/aromatic N) is 5. The zero-order valence-corrected chi connectivity index (χ0v) is 17.9. The lowest BCUT2D eigenvalue weighted by molar-refractivity contribution is -0.137. The summed E-state index contributed by atoms with van der Waals surface area (Å²) >= 11 is 0. The molecular weight excluding hydrogens is 460 g/mol. The second-order valence-corrected chi connectivity index (χ2v) is 8.19. The lowest BCUT2D eigenvalue weighted by Crippen LogP contribution is -2.55. The van der Waals surface area contributed by atoms with Crippen molar-refractivity contribution in [2.45, 2.75) is 18.3 Å². The van der Waals surface area contributed by atoms with E-state index in [1.165, 1.54) is 12.4 Å². The van der Waals surface area contributed by atoms with Crippen molar-refractivity contribution >= 4 is 17.4 Å². The molecule has 2 aromatic heterocycles. The maximum absolute atomic E-state index is 13.7. The predicted octanol–water partition coefficient (Wildman–Crippen LogP) is 2.87. The molecule has 2 saturated heterocycles. The fraction of sp³-hybridized carbons (Fsp3) is 0.381. The number of halogens is 4. The molecule has 2 aliphatic rings. The van der Waals surface area contributed by atoms with Crippen LogP contribution in [0.2, 0.25) is 0 Å². The molecule has 4 heterocycles.